The molecule has 1 aromatic carbocycles. The number of allylic oxidation sites excluding steroid dienone is 1. The Bertz CT molecular complexity index is 992. The number of nitrogens with one attached hydrogen (secondary N) is 1. The molecule has 0 fully saturated rings. The molecule has 7 heteroatoms. The average molecular weight is 345 g/mol. The topological polar surface area (TPSA) is 49.0 Å². The lowest BCUT2D eigenvalue weighted by molar-refractivity contribution is 0.105. The number of carbonyl (C=O) groups is 1. The number of hydrogen-bond donors (Lipinski definition) is 1. The lowest BCUT2D eigenvalue weighted by Gasteiger charge is -2.12. The molecule has 0 aliphatic carbocycles. The number of pyridine rings is 1. The number of nitrogens with zero attached hydrogens (tertiary/aromatic N) is 2. The van der Waals surface area contributed by atoms with Crippen LogP contribution in [0.4, 0.5) is 13.2 Å². The Balaban J connectivity index is 2.20. The van der Waals surface area contributed by atoms with Gasteiger partial charge < -0.3 is 9.88 Å². The summed E-state index contributed by atoms with van der Waals surface area (Å²) >= 11 is 0. The van der Waals surface area contributed by atoms with Gasteiger partial charge in [0.2, 0.25) is 0 Å². The molecule has 25 heavy (non-hydrogen) atoms. The fourth-order valence-electron chi connectivity index (χ4n) is 2.56. The summed E-state index contributed by atoms with van der Waals surface area (Å²) in [5.41, 5.74) is -0.0897. The number of carbonyl (C=O) groups excluding carboxylic acids is 1. The number of benzene rings is 1. The van der Waals surface area contributed by atoms with E-state index in [9.17, 15) is 18.0 Å². The molecule has 0 unspecified atom stereocenters. The van der Waals surface area contributed by atoms with E-state index in [0.717, 1.165) is 12.1 Å². The number of aromatic nitrogens is 2. The Hall–Kier alpha value is -3.09. The minimum absolute atomic E-state index is 0.00244. The maximum atomic E-state index is 14.2. The van der Waals surface area contributed by atoms with Gasteiger partial charge in [-0.1, -0.05) is 12.1 Å². The zero-order valence-corrected chi connectivity index (χ0v) is 13.5. The van der Waals surface area contributed by atoms with E-state index in [1.54, 1.807) is 14.1 Å². The fourth-order valence-corrected chi connectivity index (χ4v) is 2.56. The standard InChI is InChI=1S/C18H14F3N3O/c1-24(2)9-12(10-4-3-5-14(20)16(10)21)17(25)11-8-23-18-15(11)13(19)6-7-22-18/h3-9H,1-2H3,(H,22,23). The second kappa shape index (κ2) is 6.43. The van der Waals surface area contributed by atoms with Crippen LogP contribution in [0.25, 0.3) is 16.6 Å². The maximum Gasteiger partial charge on any atom is 0.197 e. The molecule has 1 N–H and O–H groups in total. The van der Waals surface area contributed by atoms with Gasteiger partial charge in [0, 0.05) is 43.8 Å². The van der Waals surface area contributed by atoms with Crippen LogP contribution in [0.5, 0.6) is 0 Å². The highest BCUT2D eigenvalue weighted by Crippen LogP contribution is 2.28. The molecular weight excluding hydrogens is 331 g/mol. The summed E-state index contributed by atoms with van der Waals surface area (Å²) in [6, 6.07) is 4.70. The van der Waals surface area contributed by atoms with Crippen molar-refractivity contribution >= 4 is 22.4 Å². The van der Waals surface area contributed by atoms with Crippen molar-refractivity contribution in [3.8, 4) is 0 Å². The van der Waals surface area contributed by atoms with Crippen LogP contribution in [0.3, 0.4) is 0 Å². The molecule has 0 spiro atoms. The van der Waals surface area contributed by atoms with E-state index in [4.69, 9.17) is 0 Å². The minimum Gasteiger partial charge on any atom is -0.383 e. The summed E-state index contributed by atoms with van der Waals surface area (Å²) in [5.74, 6) is -3.47. The van der Waals surface area contributed by atoms with E-state index in [1.807, 2.05) is 0 Å². The number of rotatable bonds is 4. The van der Waals surface area contributed by atoms with Gasteiger partial charge in [0.15, 0.2) is 17.4 Å². The SMILES string of the molecule is CN(C)C=C(C(=O)c1c[nH]c2nccc(F)c12)c1cccc(F)c1F. The fraction of sp³-hybridized carbons (Fsp3) is 0.111. The van der Waals surface area contributed by atoms with Crippen molar-refractivity contribution in [2.45, 2.75) is 0 Å². The molecule has 4 nitrogen and oxygen atoms in total. The highest BCUT2D eigenvalue weighted by atomic mass is 19.2. The molecule has 0 atom stereocenters. The Morgan fingerprint density at radius 1 is 1.12 bits per heavy atom. The number of H-pyrrole nitrogens is 1. The highest BCUT2D eigenvalue weighted by Gasteiger charge is 2.24. The van der Waals surface area contributed by atoms with Gasteiger partial charge >= 0.3 is 0 Å². The van der Waals surface area contributed by atoms with Gasteiger partial charge in [-0.15, -0.1) is 0 Å². The summed E-state index contributed by atoms with van der Waals surface area (Å²) in [6.45, 7) is 0. The lowest BCUT2D eigenvalue weighted by Crippen LogP contribution is -2.11. The Morgan fingerprint density at radius 3 is 2.60 bits per heavy atom. The second-order valence-electron chi connectivity index (χ2n) is 5.66. The first-order valence-corrected chi connectivity index (χ1v) is 7.39. The molecule has 0 aliphatic rings. The van der Waals surface area contributed by atoms with Crippen molar-refractivity contribution in [1.82, 2.24) is 14.9 Å². The summed E-state index contributed by atoms with van der Waals surface area (Å²) in [5, 5.41) is 0.00830. The largest absolute Gasteiger partial charge is 0.383 e. The highest BCUT2D eigenvalue weighted by molar-refractivity contribution is 6.32. The Morgan fingerprint density at radius 2 is 1.88 bits per heavy atom. The van der Waals surface area contributed by atoms with Crippen LogP contribution in [-0.4, -0.2) is 34.7 Å². The van der Waals surface area contributed by atoms with Gasteiger partial charge in [-0.05, 0) is 12.1 Å². The Kier molecular flexibility index (Phi) is 4.31. The smallest absolute Gasteiger partial charge is 0.197 e. The third-order valence-electron chi connectivity index (χ3n) is 3.64. The number of hydrogen-bond acceptors (Lipinski definition) is 3. The predicted octanol–water partition coefficient (Wildman–Crippen LogP) is 3.77. The van der Waals surface area contributed by atoms with Gasteiger partial charge in [-0.25, -0.2) is 18.2 Å². The lowest BCUT2D eigenvalue weighted by atomic mass is 9.96. The molecule has 2 aromatic heterocycles. The molecule has 0 saturated carbocycles. The minimum atomic E-state index is -1.14. The summed E-state index contributed by atoms with van der Waals surface area (Å²) in [4.78, 5) is 21.2. The number of aromatic amines is 1. The van der Waals surface area contributed by atoms with Crippen LogP contribution in [0.15, 0.2) is 42.9 Å². The van der Waals surface area contributed by atoms with Crippen LogP contribution >= 0.6 is 0 Å². The van der Waals surface area contributed by atoms with E-state index in [-0.39, 0.29) is 27.7 Å². The number of halogens is 3. The number of fused-ring (bicyclic) bond motifs is 1. The number of ketones is 1. The van der Waals surface area contributed by atoms with Crippen molar-refractivity contribution < 1.29 is 18.0 Å². The summed E-state index contributed by atoms with van der Waals surface area (Å²) in [6.07, 6.45) is 3.95. The van der Waals surface area contributed by atoms with Crippen molar-refractivity contribution in [2.24, 2.45) is 0 Å². The average Bonchev–Trinajstić information content (AvgIpc) is 3.00. The maximum absolute atomic E-state index is 14.2. The van der Waals surface area contributed by atoms with Gasteiger partial charge in [0.05, 0.1) is 10.9 Å². The first kappa shape index (κ1) is 16.8. The van der Waals surface area contributed by atoms with Gasteiger partial charge in [-0.3, -0.25) is 4.79 Å². The van der Waals surface area contributed by atoms with Crippen molar-refractivity contribution in [3.63, 3.8) is 0 Å². The van der Waals surface area contributed by atoms with Crippen LogP contribution in [0.1, 0.15) is 15.9 Å². The van der Waals surface area contributed by atoms with Crippen LogP contribution < -0.4 is 0 Å². The van der Waals surface area contributed by atoms with E-state index in [2.05, 4.69) is 9.97 Å². The van der Waals surface area contributed by atoms with Crippen LogP contribution in [0, 0.1) is 17.5 Å². The van der Waals surface area contributed by atoms with Gasteiger partial charge in [0.25, 0.3) is 0 Å². The molecule has 0 bridgehead atoms. The van der Waals surface area contributed by atoms with Gasteiger partial charge in [0.1, 0.15) is 11.5 Å². The molecule has 0 saturated heterocycles. The quantitative estimate of drug-likeness (QED) is 0.578. The molecule has 0 radical (unpaired) electrons. The van der Waals surface area contributed by atoms with Crippen molar-refractivity contribution in [1.29, 1.82) is 0 Å². The normalized spacial score (nSPS) is 11.8. The molecular formula is C18H14F3N3O. The Labute approximate surface area is 141 Å². The summed E-state index contributed by atoms with van der Waals surface area (Å²) in [7, 11) is 3.28. The predicted molar refractivity (Wildman–Crippen MR) is 88.4 cm³/mol. The first-order valence-electron chi connectivity index (χ1n) is 7.39. The van der Waals surface area contributed by atoms with E-state index in [0.29, 0.717) is 0 Å². The van der Waals surface area contributed by atoms with E-state index >= 15 is 0 Å². The van der Waals surface area contributed by atoms with Crippen LogP contribution in [0.2, 0.25) is 0 Å². The first-order chi connectivity index (χ1) is 11.9. The van der Waals surface area contributed by atoms with Crippen LogP contribution in [-0.2, 0) is 0 Å². The zero-order chi connectivity index (χ0) is 18.1. The van der Waals surface area contributed by atoms with Crippen molar-refractivity contribution in [2.75, 3.05) is 14.1 Å². The molecule has 3 aromatic rings. The third kappa shape index (κ3) is 3.00. The zero-order valence-electron chi connectivity index (χ0n) is 13.5. The molecule has 0 aliphatic heterocycles. The van der Waals surface area contributed by atoms with Gasteiger partial charge in [-0.2, -0.15) is 0 Å². The van der Waals surface area contributed by atoms with E-state index in [1.165, 1.54) is 35.6 Å². The summed E-state index contributed by atoms with van der Waals surface area (Å²) < 4.78 is 41.9. The van der Waals surface area contributed by atoms with Crippen molar-refractivity contribution in [3.05, 3.63) is 71.4 Å². The molecule has 3 rings (SSSR count). The molecule has 128 valence electrons. The third-order valence-corrected chi connectivity index (χ3v) is 3.64. The molecule has 2 heterocycles. The van der Waals surface area contributed by atoms with E-state index < -0.39 is 23.2 Å². The second-order valence-corrected chi connectivity index (χ2v) is 5.66. The molecule has 0 amide bonds. The monoisotopic (exact) mass is 345 g/mol. The number of Topliss-reactive ketones (excluding diaryl/α,β-unsaturated/α-hetero) is 1.